The largest absolute Gasteiger partial charge is 0.381 e. The number of hydrogen-bond acceptors (Lipinski definition) is 8. The van der Waals surface area contributed by atoms with Crippen LogP contribution in [0.4, 0.5) is 5.69 Å². The first-order valence-electron chi connectivity index (χ1n) is 14.5. The number of hydrogen-bond donors (Lipinski definition) is 1. The molecule has 1 amide bonds. The molecule has 0 bridgehead atoms. The van der Waals surface area contributed by atoms with Gasteiger partial charge in [0.2, 0.25) is 5.91 Å². The summed E-state index contributed by atoms with van der Waals surface area (Å²) in [6.07, 6.45) is 11.3. The molecule has 2 aliphatic heterocycles. The highest BCUT2D eigenvalue weighted by molar-refractivity contribution is 7.91. The Morgan fingerprint density at radius 2 is 1.75 bits per heavy atom. The van der Waals surface area contributed by atoms with Gasteiger partial charge < -0.3 is 15.0 Å². The van der Waals surface area contributed by atoms with E-state index >= 15 is 0 Å². The average molecular weight is 587 g/mol. The highest BCUT2D eigenvalue weighted by Gasteiger charge is 2.45. The minimum Gasteiger partial charge on any atom is -0.381 e. The van der Waals surface area contributed by atoms with Crippen molar-refractivity contribution in [2.75, 3.05) is 42.7 Å². The third-order valence-electron chi connectivity index (χ3n) is 8.78. The molecule has 218 valence electrons. The lowest BCUT2D eigenvalue weighted by molar-refractivity contribution is -0.126. The predicted octanol–water partition coefficient (Wildman–Crippen LogP) is 5.10. The number of thiazole rings is 1. The van der Waals surface area contributed by atoms with Crippen LogP contribution in [0.3, 0.4) is 0 Å². The van der Waals surface area contributed by atoms with Crippen LogP contribution in [-0.4, -0.2) is 62.7 Å². The van der Waals surface area contributed by atoms with Crippen LogP contribution < -0.4 is 10.2 Å². The molecule has 3 heterocycles. The zero-order valence-corrected chi connectivity index (χ0v) is 25.0. The number of carbonyl (C=O) groups is 1. The van der Waals surface area contributed by atoms with Crippen molar-refractivity contribution in [3.63, 3.8) is 0 Å². The monoisotopic (exact) mass is 586 g/mol. The van der Waals surface area contributed by atoms with Gasteiger partial charge in [0, 0.05) is 50.9 Å². The predicted molar refractivity (Wildman–Crippen MR) is 160 cm³/mol. The van der Waals surface area contributed by atoms with Gasteiger partial charge in [0.15, 0.2) is 9.84 Å². The molecule has 8 nitrogen and oxygen atoms in total. The van der Waals surface area contributed by atoms with Crippen molar-refractivity contribution in [3.8, 4) is 16.5 Å². The van der Waals surface area contributed by atoms with Crippen molar-refractivity contribution in [2.24, 2.45) is 5.92 Å². The first kappa shape index (κ1) is 29.0. The molecule has 0 unspecified atom stereocenters. The van der Waals surface area contributed by atoms with Crippen LogP contribution in [0, 0.1) is 17.2 Å². The van der Waals surface area contributed by atoms with E-state index < -0.39 is 15.4 Å². The lowest BCUT2D eigenvalue weighted by Crippen LogP contribution is -2.40. The lowest BCUT2D eigenvalue weighted by Gasteiger charge is -2.31. The zero-order chi connectivity index (χ0) is 28.2. The Morgan fingerprint density at radius 1 is 1.10 bits per heavy atom. The van der Waals surface area contributed by atoms with Gasteiger partial charge in [-0.1, -0.05) is 38.3 Å². The Labute approximate surface area is 243 Å². The summed E-state index contributed by atoms with van der Waals surface area (Å²) in [4.78, 5) is 19.8. The molecule has 10 heteroatoms. The number of nitriles is 1. The Morgan fingerprint density at radius 3 is 2.35 bits per heavy atom. The smallest absolute Gasteiger partial charge is 0.224 e. The van der Waals surface area contributed by atoms with Crippen molar-refractivity contribution in [1.29, 1.82) is 5.26 Å². The van der Waals surface area contributed by atoms with E-state index in [0.717, 1.165) is 75.8 Å². The van der Waals surface area contributed by atoms with E-state index in [1.165, 1.54) is 16.3 Å². The number of carbonyl (C=O) groups excluding carboxylic acids is 1. The van der Waals surface area contributed by atoms with E-state index in [9.17, 15) is 13.2 Å². The Bertz CT molecular complexity index is 1310. The molecule has 40 heavy (non-hydrogen) atoms. The molecule has 4 fully saturated rings. The van der Waals surface area contributed by atoms with Gasteiger partial charge in [-0.05, 0) is 56.2 Å². The first-order valence-corrected chi connectivity index (χ1v) is 17.2. The second-order valence-corrected chi connectivity index (χ2v) is 15.2. The van der Waals surface area contributed by atoms with Crippen LogP contribution in [0.15, 0.2) is 30.5 Å². The number of sulfone groups is 1. The first-order chi connectivity index (χ1) is 19.2. The van der Waals surface area contributed by atoms with Gasteiger partial charge in [0.05, 0.1) is 27.5 Å². The van der Waals surface area contributed by atoms with Gasteiger partial charge in [-0.25, -0.2) is 13.4 Å². The Hall–Kier alpha value is -2.48. The van der Waals surface area contributed by atoms with Crippen molar-refractivity contribution < 1.29 is 19.4 Å². The minimum absolute atomic E-state index is 0. The van der Waals surface area contributed by atoms with E-state index in [4.69, 9.17) is 15.0 Å². The number of nitrogens with zero attached hydrogens (tertiary/aromatic N) is 3. The number of anilines is 1. The summed E-state index contributed by atoms with van der Waals surface area (Å²) >= 11 is 1.77. The molecule has 0 spiro atoms. The van der Waals surface area contributed by atoms with Gasteiger partial charge in [0.25, 0.3) is 0 Å². The molecule has 0 radical (unpaired) electrons. The molecule has 2 aliphatic carbocycles. The second-order valence-electron chi connectivity index (χ2n) is 11.9. The maximum atomic E-state index is 11.8. The highest BCUT2D eigenvalue weighted by Crippen LogP contribution is 2.39. The van der Waals surface area contributed by atoms with E-state index in [1.54, 1.807) is 11.3 Å². The van der Waals surface area contributed by atoms with Crippen molar-refractivity contribution in [3.05, 3.63) is 35.5 Å². The quantitative estimate of drug-likeness (QED) is 0.519. The summed E-state index contributed by atoms with van der Waals surface area (Å²) in [7, 11) is -2.85. The standard InChI is InChI=1S/C19H24N2O3S2.C11H16N2O.H2/c1-19(6-10-24-11-7-19)18-20-14-17(25-18)15-2-4-16(5-3-15)21-8-12-26(22,23)13-9-21;12-8-11(6-7-11)13-10(14)9-4-2-1-3-5-9;/h2-5,14H,6-13H2,1H3;9H,1-7H2,(H,13,14);1H. The van der Waals surface area contributed by atoms with Crippen molar-refractivity contribution >= 4 is 32.8 Å². The molecule has 6 rings (SSSR count). The molecule has 0 atom stereocenters. The third kappa shape index (κ3) is 7.04. The summed E-state index contributed by atoms with van der Waals surface area (Å²) in [5, 5.41) is 12.9. The molecule has 1 aromatic heterocycles. The topological polar surface area (TPSA) is 112 Å². The van der Waals surface area contributed by atoms with Crippen molar-refractivity contribution in [2.45, 2.75) is 75.7 Å². The molecule has 2 saturated carbocycles. The van der Waals surface area contributed by atoms with Gasteiger partial charge in [-0.3, -0.25) is 4.79 Å². The maximum Gasteiger partial charge on any atom is 0.224 e. The van der Waals surface area contributed by atoms with Crippen LogP contribution >= 0.6 is 11.3 Å². The molecule has 2 aromatic rings. The van der Waals surface area contributed by atoms with E-state index in [2.05, 4.69) is 47.5 Å². The summed E-state index contributed by atoms with van der Waals surface area (Å²) < 4.78 is 28.7. The van der Waals surface area contributed by atoms with Crippen LogP contribution in [0.1, 0.15) is 71.1 Å². The molecule has 1 aromatic carbocycles. The van der Waals surface area contributed by atoms with Gasteiger partial charge in [-0.15, -0.1) is 11.3 Å². The number of ether oxygens (including phenoxy) is 1. The number of benzene rings is 1. The fraction of sp³-hybridized carbons (Fsp3) is 0.633. The fourth-order valence-electron chi connectivity index (χ4n) is 5.62. The normalized spacial score (nSPS) is 23.2. The van der Waals surface area contributed by atoms with Crippen LogP contribution in [-0.2, 0) is 24.8 Å². The number of rotatable bonds is 5. The van der Waals surface area contributed by atoms with Gasteiger partial charge in [-0.2, -0.15) is 5.26 Å². The van der Waals surface area contributed by atoms with Crippen LogP contribution in [0.25, 0.3) is 10.4 Å². The molecule has 1 N–H and O–H groups in total. The third-order valence-corrected chi connectivity index (χ3v) is 11.7. The van der Waals surface area contributed by atoms with Crippen LogP contribution in [0.2, 0.25) is 0 Å². The molecular weight excluding hydrogens is 544 g/mol. The number of amides is 1. The summed E-state index contributed by atoms with van der Waals surface area (Å²) in [5.41, 5.74) is 1.90. The van der Waals surface area contributed by atoms with E-state index in [0.29, 0.717) is 13.1 Å². The number of aromatic nitrogens is 1. The molecule has 4 aliphatic rings. The van der Waals surface area contributed by atoms with Gasteiger partial charge in [0.1, 0.15) is 5.54 Å². The molecular formula is C30H42N4O4S2. The number of nitrogens with one attached hydrogen (secondary N) is 1. The maximum absolute atomic E-state index is 11.8. The Balaban J connectivity index is 0.000000219. The average Bonchev–Trinajstić information content (AvgIpc) is 3.56. The van der Waals surface area contributed by atoms with E-state index in [1.807, 2.05) is 6.20 Å². The summed E-state index contributed by atoms with van der Waals surface area (Å²) in [6.45, 7) is 5.06. The van der Waals surface area contributed by atoms with Crippen molar-refractivity contribution in [1.82, 2.24) is 10.3 Å². The zero-order valence-electron chi connectivity index (χ0n) is 23.4. The lowest BCUT2D eigenvalue weighted by atomic mass is 9.83. The fourth-order valence-corrected chi connectivity index (χ4v) is 7.95. The minimum atomic E-state index is -2.85. The van der Waals surface area contributed by atoms with E-state index in [-0.39, 0.29) is 30.2 Å². The highest BCUT2D eigenvalue weighted by atomic mass is 32.2. The molecule has 2 saturated heterocycles. The summed E-state index contributed by atoms with van der Waals surface area (Å²) in [6, 6.07) is 10.6. The SMILES string of the molecule is CC1(c2ncc(-c3ccc(N4CCS(=O)(=O)CC4)cc3)s2)CCOCC1.N#CC1(NC(=O)C2CCCCC2)CC1.[HH]. The summed E-state index contributed by atoms with van der Waals surface area (Å²) in [5.74, 6) is 0.781. The Kier molecular flexibility index (Phi) is 8.83. The van der Waals surface area contributed by atoms with Crippen LogP contribution in [0.5, 0.6) is 0 Å². The van der Waals surface area contributed by atoms with Gasteiger partial charge >= 0.3 is 0 Å². The second kappa shape index (κ2) is 12.2.